The van der Waals surface area contributed by atoms with E-state index in [1.54, 1.807) is 0 Å². The summed E-state index contributed by atoms with van der Waals surface area (Å²) in [6.07, 6.45) is 6.95. The molecule has 0 spiro atoms. The summed E-state index contributed by atoms with van der Waals surface area (Å²) < 4.78 is 5.99. The summed E-state index contributed by atoms with van der Waals surface area (Å²) >= 11 is 0. The fourth-order valence-corrected chi connectivity index (χ4v) is 4.69. The highest BCUT2D eigenvalue weighted by Gasteiger charge is 2.30. The first-order valence-corrected chi connectivity index (χ1v) is 10.6. The van der Waals surface area contributed by atoms with Crippen LogP contribution in [0.1, 0.15) is 49.3 Å². The molecule has 3 heteroatoms. The molecule has 4 rings (SSSR count). The van der Waals surface area contributed by atoms with Crippen LogP contribution in [0.3, 0.4) is 0 Å². The number of benzene rings is 2. The zero-order chi connectivity index (χ0) is 18.3. The van der Waals surface area contributed by atoms with Crippen LogP contribution in [-0.4, -0.2) is 31.1 Å². The van der Waals surface area contributed by atoms with E-state index in [4.69, 9.17) is 4.74 Å². The summed E-state index contributed by atoms with van der Waals surface area (Å²) in [6, 6.07) is 19.9. The molecule has 2 aliphatic rings. The summed E-state index contributed by atoms with van der Waals surface area (Å²) in [5, 5.41) is 3.50. The largest absolute Gasteiger partial charge is 0.489 e. The first kappa shape index (κ1) is 18.5. The van der Waals surface area contributed by atoms with Gasteiger partial charge < -0.3 is 10.1 Å². The molecule has 2 aromatic rings. The Morgan fingerprint density at radius 1 is 0.889 bits per heavy atom. The first-order chi connectivity index (χ1) is 13.4. The van der Waals surface area contributed by atoms with E-state index in [0.717, 1.165) is 37.8 Å². The van der Waals surface area contributed by atoms with Crippen LogP contribution < -0.4 is 10.1 Å². The van der Waals surface area contributed by atoms with Gasteiger partial charge in [-0.05, 0) is 42.0 Å². The molecule has 1 heterocycles. The standard InChI is InChI=1S/C24H32N2O/c1-3-7-20(8-4-1)19-27-23-13-11-22(12-14-23)24(21-9-5-2-6-10-21)26-17-15-25-16-18-26/h1,3-4,7-8,11-14,21,24-25H,2,5-6,9-10,15-19H2/t24-/m0/s1. The maximum Gasteiger partial charge on any atom is 0.119 e. The van der Waals surface area contributed by atoms with E-state index in [-0.39, 0.29) is 0 Å². The molecule has 0 unspecified atom stereocenters. The molecule has 144 valence electrons. The average Bonchev–Trinajstić information content (AvgIpc) is 2.76. The zero-order valence-corrected chi connectivity index (χ0v) is 16.3. The number of piperazine rings is 1. The number of nitrogens with one attached hydrogen (secondary N) is 1. The van der Waals surface area contributed by atoms with Gasteiger partial charge in [-0.15, -0.1) is 0 Å². The quantitative estimate of drug-likeness (QED) is 0.797. The van der Waals surface area contributed by atoms with Crippen LogP contribution in [0.4, 0.5) is 0 Å². The van der Waals surface area contributed by atoms with Gasteiger partial charge in [0.05, 0.1) is 0 Å². The molecular formula is C24H32N2O. The third-order valence-corrected chi connectivity index (χ3v) is 6.11. The predicted octanol–water partition coefficient (Wildman–Crippen LogP) is 4.79. The molecule has 1 saturated carbocycles. The minimum Gasteiger partial charge on any atom is -0.489 e. The highest BCUT2D eigenvalue weighted by Crippen LogP contribution is 2.39. The van der Waals surface area contributed by atoms with Crippen LogP contribution in [0.25, 0.3) is 0 Å². The lowest BCUT2D eigenvalue weighted by Crippen LogP contribution is -2.47. The molecule has 3 nitrogen and oxygen atoms in total. The molecule has 2 aromatic carbocycles. The molecule has 0 aromatic heterocycles. The molecule has 1 N–H and O–H groups in total. The van der Waals surface area contributed by atoms with Crippen molar-refractivity contribution in [2.24, 2.45) is 5.92 Å². The molecule has 0 radical (unpaired) electrons. The van der Waals surface area contributed by atoms with Crippen LogP contribution in [-0.2, 0) is 6.61 Å². The smallest absolute Gasteiger partial charge is 0.119 e. The molecule has 2 fully saturated rings. The third-order valence-electron chi connectivity index (χ3n) is 6.11. The van der Waals surface area contributed by atoms with E-state index in [9.17, 15) is 0 Å². The minimum absolute atomic E-state index is 0.565. The number of nitrogens with zero attached hydrogens (tertiary/aromatic N) is 1. The van der Waals surface area contributed by atoms with Crippen molar-refractivity contribution in [1.29, 1.82) is 0 Å². The van der Waals surface area contributed by atoms with Crippen molar-refractivity contribution in [3.63, 3.8) is 0 Å². The molecule has 1 saturated heterocycles. The number of rotatable bonds is 6. The van der Waals surface area contributed by atoms with Crippen molar-refractivity contribution in [1.82, 2.24) is 10.2 Å². The van der Waals surface area contributed by atoms with Crippen molar-refractivity contribution in [3.8, 4) is 5.75 Å². The van der Waals surface area contributed by atoms with Gasteiger partial charge in [0.1, 0.15) is 12.4 Å². The maximum absolute atomic E-state index is 5.99. The van der Waals surface area contributed by atoms with Gasteiger partial charge in [-0.25, -0.2) is 0 Å². The third kappa shape index (κ3) is 4.91. The Hall–Kier alpha value is -1.84. The second-order valence-electron chi connectivity index (χ2n) is 7.97. The molecular weight excluding hydrogens is 332 g/mol. The van der Waals surface area contributed by atoms with Gasteiger partial charge in [-0.1, -0.05) is 61.7 Å². The van der Waals surface area contributed by atoms with Crippen LogP contribution in [0.2, 0.25) is 0 Å². The predicted molar refractivity (Wildman–Crippen MR) is 111 cm³/mol. The Morgan fingerprint density at radius 2 is 1.59 bits per heavy atom. The highest BCUT2D eigenvalue weighted by atomic mass is 16.5. The van der Waals surface area contributed by atoms with Crippen molar-refractivity contribution >= 4 is 0 Å². The number of hydrogen-bond donors (Lipinski definition) is 1. The lowest BCUT2D eigenvalue weighted by molar-refractivity contribution is 0.103. The molecule has 1 aliphatic heterocycles. The summed E-state index contributed by atoms with van der Waals surface area (Å²) in [7, 11) is 0. The van der Waals surface area contributed by atoms with Crippen LogP contribution >= 0.6 is 0 Å². The van der Waals surface area contributed by atoms with E-state index in [0.29, 0.717) is 12.6 Å². The van der Waals surface area contributed by atoms with E-state index < -0.39 is 0 Å². The van der Waals surface area contributed by atoms with Crippen LogP contribution in [0.5, 0.6) is 5.75 Å². The maximum atomic E-state index is 5.99. The average molecular weight is 365 g/mol. The van der Waals surface area contributed by atoms with Gasteiger partial charge in [0, 0.05) is 32.2 Å². The SMILES string of the molecule is c1ccc(COc2ccc([C@H](C3CCCCC3)N3CCNCC3)cc2)cc1. The van der Waals surface area contributed by atoms with E-state index in [2.05, 4.69) is 58.7 Å². The normalized spacial score (nSPS) is 20.3. The first-order valence-electron chi connectivity index (χ1n) is 10.6. The second kappa shape index (κ2) is 9.38. The lowest BCUT2D eigenvalue weighted by Gasteiger charge is -2.41. The van der Waals surface area contributed by atoms with E-state index in [1.807, 2.05) is 6.07 Å². The van der Waals surface area contributed by atoms with E-state index in [1.165, 1.54) is 43.2 Å². The fourth-order valence-electron chi connectivity index (χ4n) is 4.69. The Labute approximate surface area is 163 Å². The van der Waals surface area contributed by atoms with Gasteiger partial charge in [0.15, 0.2) is 0 Å². The van der Waals surface area contributed by atoms with Crippen molar-refractivity contribution in [2.45, 2.75) is 44.8 Å². The van der Waals surface area contributed by atoms with Crippen LogP contribution in [0, 0.1) is 5.92 Å². The summed E-state index contributed by atoms with van der Waals surface area (Å²) in [5.41, 5.74) is 2.68. The molecule has 1 atom stereocenters. The molecule has 27 heavy (non-hydrogen) atoms. The van der Waals surface area contributed by atoms with Gasteiger partial charge in [0.25, 0.3) is 0 Å². The van der Waals surface area contributed by atoms with Crippen LogP contribution in [0.15, 0.2) is 54.6 Å². The topological polar surface area (TPSA) is 24.5 Å². The van der Waals surface area contributed by atoms with Gasteiger partial charge in [-0.2, -0.15) is 0 Å². The molecule has 1 aliphatic carbocycles. The Morgan fingerprint density at radius 3 is 2.30 bits per heavy atom. The molecule has 0 amide bonds. The highest BCUT2D eigenvalue weighted by molar-refractivity contribution is 5.30. The molecule has 0 bridgehead atoms. The number of ether oxygens (including phenoxy) is 1. The monoisotopic (exact) mass is 364 g/mol. The number of hydrogen-bond acceptors (Lipinski definition) is 3. The zero-order valence-electron chi connectivity index (χ0n) is 16.3. The van der Waals surface area contributed by atoms with Crippen molar-refractivity contribution < 1.29 is 4.74 Å². The van der Waals surface area contributed by atoms with Gasteiger partial charge >= 0.3 is 0 Å². The minimum atomic E-state index is 0.565. The Kier molecular flexibility index (Phi) is 6.44. The Bertz CT molecular complexity index is 655. The second-order valence-corrected chi connectivity index (χ2v) is 7.97. The fraction of sp³-hybridized carbons (Fsp3) is 0.500. The van der Waals surface area contributed by atoms with Crippen molar-refractivity contribution in [2.75, 3.05) is 26.2 Å². The summed E-state index contributed by atoms with van der Waals surface area (Å²) in [4.78, 5) is 2.71. The Balaban J connectivity index is 1.46. The lowest BCUT2D eigenvalue weighted by atomic mass is 9.80. The van der Waals surface area contributed by atoms with Crippen molar-refractivity contribution in [3.05, 3.63) is 65.7 Å². The van der Waals surface area contributed by atoms with Gasteiger partial charge in [-0.3, -0.25) is 4.90 Å². The van der Waals surface area contributed by atoms with E-state index >= 15 is 0 Å². The summed E-state index contributed by atoms with van der Waals surface area (Å²) in [5.74, 6) is 1.76. The summed E-state index contributed by atoms with van der Waals surface area (Å²) in [6.45, 7) is 5.17. The van der Waals surface area contributed by atoms with Gasteiger partial charge in [0.2, 0.25) is 0 Å².